The molecule has 5 nitrogen and oxygen atoms in total. The number of hydrogen-bond donors (Lipinski definition) is 2. The van der Waals surface area contributed by atoms with Gasteiger partial charge in [-0.1, -0.05) is 0 Å². The molecule has 0 aliphatic carbocycles. The van der Waals surface area contributed by atoms with Crippen LogP contribution in [0.25, 0.3) is 0 Å². The molecule has 0 aliphatic heterocycles. The number of aryl methyl sites for hydroxylation is 1. The monoisotopic (exact) mass is 234 g/mol. The van der Waals surface area contributed by atoms with Crippen LogP contribution in [-0.2, 0) is 18.4 Å². The van der Waals surface area contributed by atoms with Gasteiger partial charge in [0.2, 0.25) is 5.91 Å². The highest BCUT2D eigenvalue weighted by molar-refractivity contribution is 5.75. The zero-order chi connectivity index (χ0) is 12.7. The summed E-state index contributed by atoms with van der Waals surface area (Å²) in [7, 11) is 1.84. The predicted octanol–water partition coefficient (Wildman–Crippen LogP) is 0.513. The normalized spacial score (nSPS) is 9.94. The number of carbonyl (C=O) groups is 1. The largest absolute Gasteiger partial charge is 0.356 e. The van der Waals surface area contributed by atoms with Crippen LogP contribution in [0.3, 0.4) is 0 Å². The van der Waals surface area contributed by atoms with Crippen LogP contribution >= 0.6 is 0 Å². The Morgan fingerprint density at radius 1 is 1.59 bits per heavy atom. The zero-order valence-electron chi connectivity index (χ0n) is 10.3. The second-order valence-corrected chi connectivity index (χ2v) is 3.84. The highest BCUT2D eigenvalue weighted by atomic mass is 16.1. The van der Waals surface area contributed by atoms with Crippen LogP contribution in [0.2, 0.25) is 0 Å². The number of carbonyl (C=O) groups excluding carboxylic acids is 1. The first kappa shape index (κ1) is 13.3. The van der Waals surface area contributed by atoms with Crippen LogP contribution in [0.5, 0.6) is 0 Å². The van der Waals surface area contributed by atoms with Crippen molar-refractivity contribution in [3.05, 3.63) is 23.5 Å². The standard InChI is InChI=1S/C12H18N4O/c1-3-15-12(17)4-5-14-8-10-6-11(7-13)16(2)9-10/h6,9,14H,3-5,8H2,1-2H3,(H,15,17). The van der Waals surface area contributed by atoms with Gasteiger partial charge in [0.05, 0.1) is 0 Å². The number of nitrogens with zero attached hydrogens (tertiary/aromatic N) is 2. The SMILES string of the molecule is CCNC(=O)CCNCc1cc(C#N)n(C)c1. The summed E-state index contributed by atoms with van der Waals surface area (Å²) in [5.74, 6) is 0.0609. The molecular formula is C12H18N4O. The summed E-state index contributed by atoms with van der Waals surface area (Å²) >= 11 is 0. The van der Waals surface area contributed by atoms with E-state index in [1.54, 1.807) is 4.57 Å². The molecule has 1 aromatic heterocycles. The quantitative estimate of drug-likeness (QED) is 0.705. The predicted molar refractivity (Wildman–Crippen MR) is 65.1 cm³/mol. The van der Waals surface area contributed by atoms with Crippen molar-refractivity contribution in [3.8, 4) is 6.07 Å². The van der Waals surface area contributed by atoms with Crippen molar-refractivity contribution in [2.75, 3.05) is 13.1 Å². The van der Waals surface area contributed by atoms with Gasteiger partial charge in [-0.25, -0.2) is 0 Å². The summed E-state index contributed by atoms with van der Waals surface area (Å²) in [4.78, 5) is 11.2. The van der Waals surface area contributed by atoms with Crippen molar-refractivity contribution in [1.29, 1.82) is 5.26 Å². The average Bonchev–Trinajstić information content (AvgIpc) is 2.66. The second kappa shape index (κ2) is 6.71. The molecule has 1 heterocycles. The van der Waals surface area contributed by atoms with Gasteiger partial charge in [0.1, 0.15) is 11.8 Å². The van der Waals surface area contributed by atoms with Crippen molar-refractivity contribution in [3.63, 3.8) is 0 Å². The number of nitriles is 1. The van der Waals surface area contributed by atoms with Gasteiger partial charge < -0.3 is 15.2 Å². The van der Waals surface area contributed by atoms with Gasteiger partial charge >= 0.3 is 0 Å². The van der Waals surface area contributed by atoms with Gasteiger partial charge in [0.25, 0.3) is 0 Å². The minimum absolute atomic E-state index is 0.0609. The first-order valence-corrected chi connectivity index (χ1v) is 5.70. The first-order chi connectivity index (χ1) is 8.17. The summed E-state index contributed by atoms with van der Waals surface area (Å²) < 4.78 is 1.79. The fourth-order valence-corrected chi connectivity index (χ4v) is 1.56. The van der Waals surface area contributed by atoms with Crippen LogP contribution in [0.15, 0.2) is 12.3 Å². The molecule has 92 valence electrons. The average molecular weight is 234 g/mol. The molecule has 0 radical (unpaired) electrons. The Morgan fingerprint density at radius 3 is 2.94 bits per heavy atom. The third-order valence-corrected chi connectivity index (χ3v) is 2.41. The molecule has 1 rings (SSSR count). The summed E-state index contributed by atoms with van der Waals surface area (Å²) in [6, 6.07) is 3.96. The number of amides is 1. The Balaban J connectivity index is 2.27. The second-order valence-electron chi connectivity index (χ2n) is 3.84. The highest BCUT2D eigenvalue weighted by Gasteiger charge is 2.02. The Hall–Kier alpha value is -1.80. The molecule has 0 atom stereocenters. The third-order valence-electron chi connectivity index (χ3n) is 2.41. The van der Waals surface area contributed by atoms with E-state index in [0.717, 1.165) is 5.56 Å². The lowest BCUT2D eigenvalue weighted by Gasteiger charge is -2.03. The molecule has 5 heteroatoms. The topological polar surface area (TPSA) is 69.8 Å². The maximum atomic E-state index is 11.2. The van der Waals surface area contributed by atoms with Crippen molar-refractivity contribution >= 4 is 5.91 Å². The van der Waals surface area contributed by atoms with Gasteiger partial charge in [-0.2, -0.15) is 5.26 Å². The van der Waals surface area contributed by atoms with E-state index in [1.165, 1.54) is 0 Å². The lowest BCUT2D eigenvalue weighted by Crippen LogP contribution is -2.27. The summed E-state index contributed by atoms with van der Waals surface area (Å²) in [6.07, 6.45) is 2.39. The van der Waals surface area contributed by atoms with Crippen molar-refractivity contribution < 1.29 is 4.79 Å². The van der Waals surface area contributed by atoms with Crippen LogP contribution in [0.1, 0.15) is 24.6 Å². The number of nitrogens with one attached hydrogen (secondary N) is 2. The van der Waals surface area contributed by atoms with E-state index in [1.807, 2.05) is 26.2 Å². The molecule has 0 bridgehead atoms. The third kappa shape index (κ3) is 4.29. The Bertz CT molecular complexity index is 417. The zero-order valence-corrected chi connectivity index (χ0v) is 10.3. The molecule has 0 aliphatic rings. The smallest absolute Gasteiger partial charge is 0.221 e. The molecule has 1 aromatic rings. The number of aromatic nitrogens is 1. The van der Waals surface area contributed by atoms with Crippen LogP contribution in [-0.4, -0.2) is 23.6 Å². The first-order valence-electron chi connectivity index (χ1n) is 5.70. The van der Waals surface area contributed by atoms with E-state index in [2.05, 4.69) is 16.7 Å². The summed E-state index contributed by atoms with van der Waals surface area (Å²) in [6.45, 7) is 3.89. The molecule has 0 fully saturated rings. The van der Waals surface area contributed by atoms with Crippen LogP contribution in [0, 0.1) is 11.3 Å². The van der Waals surface area contributed by atoms with Crippen LogP contribution < -0.4 is 10.6 Å². The maximum absolute atomic E-state index is 11.2. The summed E-state index contributed by atoms with van der Waals surface area (Å²) in [5, 5.41) is 14.7. The van der Waals surface area contributed by atoms with Gasteiger partial charge in [0.15, 0.2) is 0 Å². The molecule has 2 N–H and O–H groups in total. The molecule has 0 saturated carbocycles. The molecule has 0 spiro atoms. The Labute approximate surface area is 101 Å². The summed E-state index contributed by atoms with van der Waals surface area (Å²) in [5.41, 5.74) is 1.70. The van der Waals surface area contributed by atoms with E-state index >= 15 is 0 Å². The minimum Gasteiger partial charge on any atom is -0.356 e. The van der Waals surface area contributed by atoms with E-state index < -0.39 is 0 Å². The number of rotatable bonds is 6. The lowest BCUT2D eigenvalue weighted by molar-refractivity contribution is -0.120. The molecule has 0 saturated heterocycles. The maximum Gasteiger partial charge on any atom is 0.221 e. The van der Waals surface area contributed by atoms with Gasteiger partial charge in [-0.05, 0) is 18.6 Å². The minimum atomic E-state index is 0.0609. The van der Waals surface area contributed by atoms with Gasteiger partial charge in [0, 0.05) is 39.3 Å². The van der Waals surface area contributed by atoms with E-state index in [0.29, 0.717) is 31.7 Å². The Kier molecular flexibility index (Phi) is 5.24. The molecule has 0 aromatic carbocycles. The number of hydrogen-bond acceptors (Lipinski definition) is 3. The van der Waals surface area contributed by atoms with Gasteiger partial charge in [-0.3, -0.25) is 4.79 Å². The van der Waals surface area contributed by atoms with Crippen LogP contribution in [0.4, 0.5) is 0 Å². The lowest BCUT2D eigenvalue weighted by atomic mass is 10.3. The molecular weight excluding hydrogens is 216 g/mol. The highest BCUT2D eigenvalue weighted by Crippen LogP contribution is 2.05. The molecule has 0 unspecified atom stereocenters. The van der Waals surface area contributed by atoms with Crippen molar-refractivity contribution in [1.82, 2.24) is 15.2 Å². The fourth-order valence-electron chi connectivity index (χ4n) is 1.56. The van der Waals surface area contributed by atoms with E-state index in [-0.39, 0.29) is 5.91 Å². The van der Waals surface area contributed by atoms with Gasteiger partial charge in [-0.15, -0.1) is 0 Å². The van der Waals surface area contributed by atoms with E-state index in [9.17, 15) is 4.79 Å². The molecule has 17 heavy (non-hydrogen) atoms. The van der Waals surface area contributed by atoms with E-state index in [4.69, 9.17) is 5.26 Å². The van der Waals surface area contributed by atoms with Crippen molar-refractivity contribution in [2.45, 2.75) is 19.9 Å². The fraction of sp³-hybridized carbons (Fsp3) is 0.500. The van der Waals surface area contributed by atoms with Crippen molar-refractivity contribution in [2.24, 2.45) is 7.05 Å². The molecule has 1 amide bonds. The Morgan fingerprint density at radius 2 is 2.35 bits per heavy atom.